The van der Waals surface area contributed by atoms with Crippen LogP contribution < -0.4 is 5.32 Å². The van der Waals surface area contributed by atoms with Crippen molar-refractivity contribution in [3.8, 4) is 0 Å². The van der Waals surface area contributed by atoms with Crippen molar-refractivity contribution in [1.29, 1.82) is 0 Å². The highest BCUT2D eigenvalue weighted by Gasteiger charge is 2.23. The fraction of sp³-hybridized carbons (Fsp3) is 1.00. The minimum atomic E-state index is 0.843. The SMILES string of the molecule is CCCC1NCCC1CC. The minimum absolute atomic E-state index is 0.843. The van der Waals surface area contributed by atoms with Crippen molar-refractivity contribution in [2.24, 2.45) is 5.92 Å². The number of hydrogen-bond donors (Lipinski definition) is 1. The van der Waals surface area contributed by atoms with Crippen LogP contribution in [-0.2, 0) is 0 Å². The summed E-state index contributed by atoms with van der Waals surface area (Å²) in [5, 5.41) is 3.56. The van der Waals surface area contributed by atoms with Gasteiger partial charge in [-0.05, 0) is 25.3 Å². The summed E-state index contributed by atoms with van der Waals surface area (Å²) in [6, 6.07) is 0.843. The van der Waals surface area contributed by atoms with Crippen LogP contribution in [0, 0.1) is 5.92 Å². The van der Waals surface area contributed by atoms with Crippen molar-refractivity contribution in [2.75, 3.05) is 6.54 Å². The molecular formula is C9H19N. The van der Waals surface area contributed by atoms with Crippen LogP contribution in [0.3, 0.4) is 0 Å². The van der Waals surface area contributed by atoms with E-state index < -0.39 is 0 Å². The molecule has 60 valence electrons. The van der Waals surface area contributed by atoms with E-state index in [1.165, 1.54) is 32.2 Å². The third kappa shape index (κ3) is 1.72. The standard InChI is InChI=1S/C9H19N/c1-3-5-9-8(4-2)6-7-10-9/h8-10H,3-7H2,1-2H3. The summed E-state index contributed by atoms with van der Waals surface area (Å²) >= 11 is 0. The first-order valence-electron chi connectivity index (χ1n) is 4.61. The summed E-state index contributed by atoms with van der Waals surface area (Å²) in [5.74, 6) is 0.972. The summed E-state index contributed by atoms with van der Waals surface area (Å²) in [6.45, 7) is 5.83. The maximum atomic E-state index is 3.56. The Bertz CT molecular complexity index is 90.7. The van der Waals surface area contributed by atoms with Crippen LogP contribution in [0.1, 0.15) is 39.5 Å². The molecule has 2 unspecified atom stereocenters. The molecule has 1 aliphatic rings. The van der Waals surface area contributed by atoms with Crippen LogP contribution in [-0.4, -0.2) is 12.6 Å². The van der Waals surface area contributed by atoms with Gasteiger partial charge in [0.05, 0.1) is 0 Å². The molecule has 0 spiro atoms. The largest absolute Gasteiger partial charge is 0.314 e. The van der Waals surface area contributed by atoms with Gasteiger partial charge < -0.3 is 5.32 Å². The van der Waals surface area contributed by atoms with Gasteiger partial charge >= 0.3 is 0 Å². The lowest BCUT2D eigenvalue weighted by Gasteiger charge is -2.16. The van der Waals surface area contributed by atoms with E-state index in [4.69, 9.17) is 0 Å². The molecule has 0 radical (unpaired) electrons. The molecule has 1 N–H and O–H groups in total. The van der Waals surface area contributed by atoms with E-state index in [0.717, 1.165) is 12.0 Å². The maximum Gasteiger partial charge on any atom is 0.00955 e. The molecule has 1 nitrogen and oxygen atoms in total. The molecule has 0 amide bonds. The van der Waals surface area contributed by atoms with Gasteiger partial charge in [0, 0.05) is 6.04 Å². The second-order valence-corrected chi connectivity index (χ2v) is 3.31. The molecular weight excluding hydrogens is 122 g/mol. The van der Waals surface area contributed by atoms with Crippen LogP contribution >= 0.6 is 0 Å². The van der Waals surface area contributed by atoms with E-state index in [2.05, 4.69) is 19.2 Å². The quantitative estimate of drug-likeness (QED) is 0.635. The lowest BCUT2D eigenvalue weighted by Crippen LogP contribution is -2.26. The highest BCUT2D eigenvalue weighted by atomic mass is 14.9. The van der Waals surface area contributed by atoms with Crippen LogP contribution in [0.2, 0.25) is 0 Å². The summed E-state index contributed by atoms with van der Waals surface area (Å²) in [6.07, 6.45) is 5.46. The van der Waals surface area contributed by atoms with E-state index in [1.807, 2.05) is 0 Å². The number of nitrogens with one attached hydrogen (secondary N) is 1. The van der Waals surface area contributed by atoms with Crippen LogP contribution in [0.15, 0.2) is 0 Å². The zero-order chi connectivity index (χ0) is 7.40. The Labute approximate surface area is 64.2 Å². The molecule has 0 bridgehead atoms. The molecule has 2 atom stereocenters. The van der Waals surface area contributed by atoms with E-state index in [-0.39, 0.29) is 0 Å². The molecule has 0 saturated carbocycles. The number of hydrogen-bond acceptors (Lipinski definition) is 1. The van der Waals surface area contributed by atoms with Gasteiger partial charge in [-0.2, -0.15) is 0 Å². The maximum absolute atomic E-state index is 3.56. The molecule has 1 heteroatoms. The van der Waals surface area contributed by atoms with Crippen molar-refractivity contribution >= 4 is 0 Å². The molecule has 1 rings (SSSR count). The van der Waals surface area contributed by atoms with Crippen molar-refractivity contribution in [1.82, 2.24) is 5.32 Å². The topological polar surface area (TPSA) is 12.0 Å². The van der Waals surface area contributed by atoms with Crippen LogP contribution in [0.4, 0.5) is 0 Å². The van der Waals surface area contributed by atoms with Gasteiger partial charge in [-0.3, -0.25) is 0 Å². The Hall–Kier alpha value is -0.0400. The lowest BCUT2D eigenvalue weighted by molar-refractivity contribution is 0.409. The van der Waals surface area contributed by atoms with Crippen molar-refractivity contribution < 1.29 is 0 Å². The van der Waals surface area contributed by atoms with Crippen LogP contribution in [0.25, 0.3) is 0 Å². The summed E-state index contributed by atoms with van der Waals surface area (Å²) in [5.41, 5.74) is 0. The monoisotopic (exact) mass is 141 g/mol. The molecule has 1 aliphatic heterocycles. The Morgan fingerprint density at radius 1 is 1.40 bits per heavy atom. The first-order valence-corrected chi connectivity index (χ1v) is 4.61. The normalized spacial score (nSPS) is 33.0. The van der Waals surface area contributed by atoms with Gasteiger partial charge in [0.1, 0.15) is 0 Å². The second-order valence-electron chi connectivity index (χ2n) is 3.31. The van der Waals surface area contributed by atoms with E-state index in [1.54, 1.807) is 0 Å². The highest BCUT2D eigenvalue weighted by molar-refractivity contribution is 4.81. The predicted molar refractivity (Wildman–Crippen MR) is 45.1 cm³/mol. The molecule has 1 saturated heterocycles. The second kappa shape index (κ2) is 3.97. The summed E-state index contributed by atoms with van der Waals surface area (Å²) < 4.78 is 0. The smallest absolute Gasteiger partial charge is 0.00955 e. The average molecular weight is 141 g/mol. The third-order valence-corrected chi connectivity index (χ3v) is 2.61. The summed E-state index contributed by atoms with van der Waals surface area (Å²) in [4.78, 5) is 0. The lowest BCUT2D eigenvalue weighted by atomic mass is 9.95. The molecule has 0 aromatic carbocycles. The zero-order valence-electron chi connectivity index (χ0n) is 7.19. The Morgan fingerprint density at radius 3 is 2.80 bits per heavy atom. The van der Waals surface area contributed by atoms with Crippen molar-refractivity contribution in [3.05, 3.63) is 0 Å². The zero-order valence-corrected chi connectivity index (χ0v) is 7.19. The van der Waals surface area contributed by atoms with Gasteiger partial charge in [0.2, 0.25) is 0 Å². The van der Waals surface area contributed by atoms with Crippen molar-refractivity contribution in [3.63, 3.8) is 0 Å². The van der Waals surface area contributed by atoms with Gasteiger partial charge in [-0.15, -0.1) is 0 Å². The average Bonchev–Trinajstić information content (AvgIpc) is 2.36. The van der Waals surface area contributed by atoms with Gasteiger partial charge in [-0.25, -0.2) is 0 Å². The Kier molecular flexibility index (Phi) is 3.20. The molecule has 0 aromatic rings. The van der Waals surface area contributed by atoms with Gasteiger partial charge in [-0.1, -0.05) is 26.7 Å². The minimum Gasteiger partial charge on any atom is -0.314 e. The fourth-order valence-corrected chi connectivity index (χ4v) is 1.96. The van der Waals surface area contributed by atoms with Crippen molar-refractivity contribution in [2.45, 2.75) is 45.6 Å². The third-order valence-electron chi connectivity index (χ3n) is 2.61. The summed E-state index contributed by atoms with van der Waals surface area (Å²) in [7, 11) is 0. The first-order chi connectivity index (χ1) is 4.88. The van der Waals surface area contributed by atoms with E-state index in [0.29, 0.717) is 0 Å². The Morgan fingerprint density at radius 2 is 2.20 bits per heavy atom. The molecule has 0 aliphatic carbocycles. The predicted octanol–water partition coefficient (Wildman–Crippen LogP) is 2.17. The van der Waals surface area contributed by atoms with Gasteiger partial charge in [0.25, 0.3) is 0 Å². The number of rotatable bonds is 3. The van der Waals surface area contributed by atoms with E-state index in [9.17, 15) is 0 Å². The molecule has 1 fully saturated rings. The fourth-order valence-electron chi connectivity index (χ4n) is 1.96. The van der Waals surface area contributed by atoms with E-state index >= 15 is 0 Å². The molecule has 10 heavy (non-hydrogen) atoms. The molecule has 0 aromatic heterocycles. The Balaban J connectivity index is 2.27. The first kappa shape index (κ1) is 8.06. The molecule has 1 heterocycles. The van der Waals surface area contributed by atoms with Crippen LogP contribution in [0.5, 0.6) is 0 Å². The van der Waals surface area contributed by atoms with Gasteiger partial charge in [0.15, 0.2) is 0 Å². The highest BCUT2D eigenvalue weighted by Crippen LogP contribution is 2.21.